The minimum Gasteiger partial charge on any atom is -0.497 e. The van der Waals surface area contributed by atoms with Gasteiger partial charge < -0.3 is 28.4 Å². The highest BCUT2D eigenvalue weighted by atomic mass is 16.5. The SMILES string of the molecule is CCOCCOc1ccc(C2(c3ccc(OCCOCC)cc3)c3cc(C)ccc3-c3ccc(C)cc32)cc1.COc1ccc(C2(c3ccc(OC)cc3)c3cc(C)ccc3-c3ccc(C)cc32)cc1.Cc1cc(C)cc(C2(C)c3cc(C)ccc3-c3ccc(C)cc32)c1.Cc1cc(C)cc(C2(C)c3cc(C)ccc3-c3ccc(C)cc32)c1.Cc1ccc2c(c1)C(C)(c1cccc(C(C)(C)C)c1)c1cc(C)ccc1-2. The van der Waals surface area contributed by atoms with E-state index in [1.54, 1.807) is 14.2 Å². The lowest BCUT2D eigenvalue weighted by atomic mass is 9.67. The molecule has 6 nitrogen and oxygen atoms in total. The van der Waals surface area contributed by atoms with Gasteiger partial charge in [0.25, 0.3) is 0 Å². The minimum absolute atomic E-state index is 0.0838. The van der Waals surface area contributed by atoms with Crippen molar-refractivity contribution in [3.63, 3.8) is 0 Å². The Kier molecular flexibility index (Phi) is 28.2. The molecule has 22 rings (SSSR count). The first-order chi connectivity index (χ1) is 69.1. The Labute approximate surface area is 857 Å². The summed E-state index contributed by atoms with van der Waals surface area (Å²) < 4.78 is 33.7. The maximum atomic E-state index is 5.96. The number of hydrogen-bond acceptors (Lipinski definition) is 6. The molecule has 144 heavy (non-hydrogen) atoms. The van der Waals surface area contributed by atoms with Gasteiger partial charge in [-0.15, -0.1) is 0 Å². The summed E-state index contributed by atoms with van der Waals surface area (Å²) in [6.07, 6.45) is 0. The molecular formula is C138H140O6. The fraction of sp³-hybridized carbons (Fsp3) is 0.261. The average Bonchev–Trinajstić information content (AvgIpc) is 1.53. The molecule has 0 aromatic heterocycles. The average molecular weight is 1890 g/mol. The van der Waals surface area contributed by atoms with Crippen LogP contribution in [-0.4, -0.2) is 53.9 Å². The maximum absolute atomic E-state index is 5.96. The van der Waals surface area contributed by atoms with Gasteiger partial charge >= 0.3 is 0 Å². The summed E-state index contributed by atoms with van der Waals surface area (Å²) >= 11 is 0. The van der Waals surface area contributed by atoms with Crippen molar-refractivity contribution in [2.24, 2.45) is 0 Å². The minimum atomic E-state index is -0.462. The zero-order valence-corrected chi connectivity index (χ0v) is 89.0. The molecule has 0 saturated heterocycles. The van der Waals surface area contributed by atoms with Gasteiger partial charge in [-0.05, 0) is 341 Å². The van der Waals surface area contributed by atoms with Crippen molar-refractivity contribution >= 4 is 0 Å². The van der Waals surface area contributed by atoms with E-state index in [0.29, 0.717) is 39.6 Å². The topological polar surface area (TPSA) is 55.4 Å². The van der Waals surface area contributed by atoms with E-state index in [1.807, 2.05) is 13.8 Å². The largest absolute Gasteiger partial charge is 0.497 e. The molecule has 0 spiro atoms. The molecule has 0 heterocycles. The van der Waals surface area contributed by atoms with Gasteiger partial charge in [0.1, 0.15) is 36.2 Å². The van der Waals surface area contributed by atoms with Crippen LogP contribution in [0.3, 0.4) is 0 Å². The zero-order valence-electron chi connectivity index (χ0n) is 89.0. The molecule has 0 atom stereocenters. The number of aryl methyl sites for hydroxylation is 14. The second-order valence-corrected chi connectivity index (χ2v) is 42.5. The Balaban J connectivity index is 0.000000120. The van der Waals surface area contributed by atoms with Crippen LogP contribution in [0.15, 0.2) is 340 Å². The zero-order chi connectivity index (χ0) is 102. The van der Waals surface area contributed by atoms with Crippen LogP contribution in [0, 0.1) is 96.9 Å². The molecule has 0 saturated carbocycles. The van der Waals surface area contributed by atoms with Gasteiger partial charge in [-0.3, -0.25) is 0 Å². The molecule has 5 aliphatic carbocycles. The lowest BCUT2D eigenvalue weighted by Gasteiger charge is -2.34. The van der Waals surface area contributed by atoms with Gasteiger partial charge in [-0.1, -0.05) is 390 Å². The van der Waals surface area contributed by atoms with Crippen molar-refractivity contribution < 1.29 is 28.4 Å². The fourth-order valence-electron chi connectivity index (χ4n) is 23.7. The van der Waals surface area contributed by atoms with Gasteiger partial charge in [0, 0.05) is 29.5 Å². The van der Waals surface area contributed by atoms with Crippen LogP contribution in [-0.2, 0) is 42.0 Å². The van der Waals surface area contributed by atoms with Crippen molar-refractivity contribution in [1.29, 1.82) is 0 Å². The Bertz CT molecular complexity index is 7100. The highest BCUT2D eigenvalue weighted by molar-refractivity contribution is 5.91. The molecule has 6 heteroatoms. The first-order valence-electron chi connectivity index (χ1n) is 51.5. The monoisotopic (exact) mass is 1890 g/mol. The Morgan fingerprint density at radius 2 is 0.417 bits per heavy atom. The molecule has 0 N–H and O–H groups in total. The second-order valence-electron chi connectivity index (χ2n) is 42.5. The van der Waals surface area contributed by atoms with Crippen molar-refractivity contribution in [3.05, 3.63) is 518 Å². The predicted molar refractivity (Wildman–Crippen MR) is 601 cm³/mol. The third-order valence-electron chi connectivity index (χ3n) is 31.0. The Hall–Kier alpha value is -14.1. The second kappa shape index (κ2) is 40.6. The molecule has 17 aromatic carbocycles. The quantitative estimate of drug-likeness (QED) is 0.0752. The van der Waals surface area contributed by atoms with Crippen LogP contribution in [0.4, 0.5) is 0 Å². The fourth-order valence-corrected chi connectivity index (χ4v) is 23.7. The number of methoxy groups -OCH3 is 2. The van der Waals surface area contributed by atoms with E-state index in [4.69, 9.17) is 28.4 Å². The van der Waals surface area contributed by atoms with E-state index >= 15 is 0 Å². The van der Waals surface area contributed by atoms with E-state index in [-0.39, 0.29) is 21.7 Å². The maximum Gasteiger partial charge on any atom is 0.119 e. The summed E-state index contributed by atoms with van der Waals surface area (Å²) in [6, 6.07) is 126. The standard InChI is InChI=1S/C35H38O4.C29H26O2.C26H28.2C24H24/c1-5-36-19-21-38-29-13-9-27(10-14-29)35(28-11-15-30(16-12-28)39-22-20-37-6-2)33-23-25(3)7-17-31(33)32-18-8-26(4)24-34(32)35;1-19-5-15-25-26-16-6-20(2)18-28(26)29(27(25)17-19,21-7-11-23(30-3)12-8-21)22-9-13-24(31-4)14-10-22;1-17-10-12-21-22-13-11-18(2)15-24(22)26(6,23(21)14-17)20-9-7-8-19(16-20)25(3,4)5;2*1-15-6-8-20-21-9-7-16(2)14-23(21)24(5,22(20)13-15)19-11-17(3)10-18(4)12-19/h7-18,23-24H,5-6,19-22H2,1-4H3;5-18H,1-4H3;7-16H,1-6H3;2*6-14H,1-5H3. The van der Waals surface area contributed by atoms with Crippen molar-refractivity contribution in [2.45, 2.75) is 185 Å². The highest BCUT2D eigenvalue weighted by Crippen LogP contribution is 2.62. The first-order valence-corrected chi connectivity index (χ1v) is 51.5. The van der Waals surface area contributed by atoms with Gasteiger partial charge in [-0.25, -0.2) is 0 Å². The molecule has 5 aliphatic rings. The summed E-state index contributed by atoms with van der Waals surface area (Å²) in [4.78, 5) is 0. The number of rotatable bonds is 19. The van der Waals surface area contributed by atoms with Crippen molar-refractivity contribution in [2.75, 3.05) is 53.9 Å². The molecule has 0 unspecified atom stereocenters. The van der Waals surface area contributed by atoms with Crippen LogP contribution in [0.1, 0.15) is 233 Å². The number of fused-ring (bicyclic) bond motifs is 15. The molecule has 0 amide bonds. The number of benzene rings is 17. The lowest BCUT2D eigenvalue weighted by Crippen LogP contribution is -2.28. The molecular weight excluding hydrogens is 1750 g/mol. The highest BCUT2D eigenvalue weighted by Gasteiger charge is 2.50. The molecule has 0 fully saturated rings. The molecule has 0 bridgehead atoms. The van der Waals surface area contributed by atoms with Crippen LogP contribution >= 0.6 is 0 Å². The van der Waals surface area contributed by atoms with E-state index in [1.165, 1.54) is 234 Å². The van der Waals surface area contributed by atoms with E-state index in [0.717, 1.165) is 23.0 Å². The Morgan fingerprint density at radius 3 is 0.639 bits per heavy atom. The van der Waals surface area contributed by atoms with E-state index in [2.05, 4.69) is 478 Å². The van der Waals surface area contributed by atoms with Crippen LogP contribution < -0.4 is 18.9 Å². The Morgan fingerprint density at radius 1 is 0.201 bits per heavy atom. The van der Waals surface area contributed by atoms with Crippen LogP contribution in [0.2, 0.25) is 0 Å². The van der Waals surface area contributed by atoms with Gasteiger partial charge in [-0.2, -0.15) is 0 Å². The van der Waals surface area contributed by atoms with Crippen LogP contribution in [0.5, 0.6) is 23.0 Å². The van der Waals surface area contributed by atoms with Gasteiger partial charge in [0.2, 0.25) is 0 Å². The molecule has 17 aromatic rings. The lowest BCUT2D eigenvalue weighted by molar-refractivity contribution is 0.110. The van der Waals surface area contributed by atoms with E-state index < -0.39 is 10.8 Å². The summed E-state index contributed by atoms with van der Waals surface area (Å²) in [5.74, 6) is 3.42. The van der Waals surface area contributed by atoms with Crippen molar-refractivity contribution in [3.8, 4) is 78.6 Å². The summed E-state index contributed by atoms with van der Waals surface area (Å²) in [6.45, 7) is 52.3. The van der Waals surface area contributed by atoms with Crippen molar-refractivity contribution in [1.82, 2.24) is 0 Å². The van der Waals surface area contributed by atoms with E-state index in [9.17, 15) is 0 Å². The smallest absolute Gasteiger partial charge is 0.119 e. The predicted octanol–water partition coefficient (Wildman–Crippen LogP) is 33.6. The third kappa shape index (κ3) is 18.5. The van der Waals surface area contributed by atoms with Gasteiger partial charge in [0.15, 0.2) is 0 Å². The third-order valence-corrected chi connectivity index (χ3v) is 31.0. The number of hydrogen-bond donors (Lipinski definition) is 0. The number of ether oxygens (including phenoxy) is 6. The van der Waals surface area contributed by atoms with Crippen LogP contribution in [0.25, 0.3) is 55.6 Å². The molecule has 0 aliphatic heterocycles. The van der Waals surface area contributed by atoms with Gasteiger partial charge in [0.05, 0.1) is 38.3 Å². The summed E-state index contributed by atoms with van der Waals surface area (Å²) in [5, 5.41) is 0. The normalized spacial score (nSPS) is 13.9. The summed E-state index contributed by atoms with van der Waals surface area (Å²) in [7, 11) is 3.42. The first kappa shape index (κ1) is 100.0. The molecule has 0 radical (unpaired) electrons. The summed E-state index contributed by atoms with van der Waals surface area (Å²) in [5.41, 5.74) is 55.1. The molecule has 728 valence electrons.